The average molecular weight is 293 g/mol. The van der Waals surface area contributed by atoms with Crippen LogP contribution in [0.25, 0.3) is 0 Å². The normalized spacial score (nSPS) is 20.1. The van der Waals surface area contributed by atoms with Gasteiger partial charge in [0.2, 0.25) is 6.79 Å². The molecular formula is C16H23NO2S. The molecule has 3 rings (SSSR count). The molecule has 20 heavy (non-hydrogen) atoms. The van der Waals surface area contributed by atoms with E-state index in [1.54, 1.807) is 0 Å². The van der Waals surface area contributed by atoms with E-state index in [1.807, 2.05) is 6.07 Å². The molecule has 4 heteroatoms. The molecule has 1 fully saturated rings. The molecule has 0 saturated carbocycles. The predicted molar refractivity (Wildman–Crippen MR) is 83.8 cm³/mol. The van der Waals surface area contributed by atoms with Gasteiger partial charge in [0.1, 0.15) is 0 Å². The van der Waals surface area contributed by atoms with Gasteiger partial charge in [0.05, 0.1) is 0 Å². The van der Waals surface area contributed by atoms with E-state index in [9.17, 15) is 0 Å². The minimum atomic E-state index is 0.358. The molecule has 0 amide bonds. The molecule has 2 heterocycles. The lowest BCUT2D eigenvalue weighted by molar-refractivity contribution is 0.174. The molecule has 0 radical (unpaired) electrons. The zero-order chi connectivity index (χ0) is 13.8. The van der Waals surface area contributed by atoms with E-state index in [2.05, 4.69) is 36.1 Å². The van der Waals surface area contributed by atoms with Gasteiger partial charge in [-0.1, -0.05) is 6.07 Å². The van der Waals surface area contributed by atoms with Gasteiger partial charge >= 0.3 is 0 Å². The molecule has 0 spiro atoms. The lowest BCUT2D eigenvalue weighted by Gasteiger charge is -2.26. The number of rotatable bonds is 5. The lowest BCUT2D eigenvalue weighted by Crippen LogP contribution is -2.39. The van der Waals surface area contributed by atoms with Crippen molar-refractivity contribution < 1.29 is 9.47 Å². The van der Waals surface area contributed by atoms with Gasteiger partial charge in [-0.05, 0) is 61.8 Å². The Hall–Kier alpha value is -0.870. The van der Waals surface area contributed by atoms with E-state index in [1.165, 1.54) is 36.3 Å². The first-order valence-corrected chi connectivity index (χ1v) is 8.69. The number of ether oxygens (including phenoxy) is 2. The second-order valence-electron chi connectivity index (χ2n) is 5.68. The van der Waals surface area contributed by atoms with Gasteiger partial charge in [-0.15, -0.1) is 0 Å². The summed E-state index contributed by atoms with van der Waals surface area (Å²) in [7, 11) is 0. The summed E-state index contributed by atoms with van der Waals surface area (Å²) >= 11 is 2.08. The van der Waals surface area contributed by atoms with E-state index in [0.717, 1.165) is 24.0 Å². The smallest absolute Gasteiger partial charge is 0.231 e. The van der Waals surface area contributed by atoms with Crippen LogP contribution in [0.5, 0.6) is 11.5 Å². The highest BCUT2D eigenvalue weighted by atomic mass is 32.2. The minimum Gasteiger partial charge on any atom is -0.454 e. The maximum absolute atomic E-state index is 5.43. The van der Waals surface area contributed by atoms with Crippen molar-refractivity contribution in [2.24, 2.45) is 0 Å². The number of aryl methyl sites for hydroxylation is 1. The molecule has 1 aromatic carbocycles. The summed E-state index contributed by atoms with van der Waals surface area (Å²) < 4.78 is 10.8. The molecule has 3 nitrogen and oxygen atoms in total. The van der Waals surface area contributed by atoms with Crippen LogP contribution in [-0.2, 0) is 6.42 Å². The molecule has 2 aliphatic heterocycles. The quantitative estimate of drug-likeness (QED) is 0.903. The number of benzene rings is 1. The topological polar surface area (TPSA) is 30.5 Å². The van der Waals surface area contributed by atoms with Crippen LogP contribution in [0.4, 0.5) is 0 Å². The lowest BCUT2D eigenvalue weighted by atomic mass is 10.0. The molecule has 1 unspecified atom stereocenters. The molecule has 110 valence electrons. The number of hydrogen-bond acceptors (Lipinski definition) is 4. The van der Waals surface area contributed by atoms with Gasteiger partial charge in [-0.2, -0.15) is 11.8 Å². The van der Waals surface area contributed by atoms with Crippen molar-refractivity contribution >= 4 is 11.8 Å². The Morgan fingerprint density at radius 2 is 2.05 bits per heavy atom. The van der Waals surface area contributed by atoms with Crippen LogP contribution in [0.1, 0.15) is 31.7 Å². The van der Waals surface area contributed by atoms with Crippen molar-refractivity contribution in [2.45, 2.75) is 44.7 Å². The van der Waals surface area contributed by atoms with Gasteiger partial charge in [0, 0.05) is 12.1 Å². The maximum Gasteiger partial charge on any atom is 0.231 e. The fourth-order valence-electron chi connectivity index (χ4n) is 2.83. The van der Waals surface area contributed by atoms with Crippen LogP contribution in [0, 0.1) is 0 Å². The molecule has 1 aromatic rings. The van der Waals surface area contributed by atoms with Crippen molar-refractivity contribution in [3.63, 3.8) is 0 Å². The van der Waals surface area contributed by atoms with E-state index in [4.69, 9.17) is 9.47 Å². The third kappa shape index (κ3) is 3.61. The van der Waals surface area contributed by atoms with Gasteiger partial charge in [0.15, 0.2) is 11.5 Å². The summed E-state index contributed by atoms with van der Waals surface area (Å²) in [5.74, 6) is 4.39. The van der Waals surface area contributed by atoms with Crippen LogP contribution in [0.2, 0.25) is 0 Å². The summed E-state index contributed by atoms with van der Waals surface area (Å²) in [4.78, 5) is 0. The van der Waals surface area contributed by atoms with Crippen LogP contribution in [0.15, 0.2) is 18.2 Å². The zero-order valence-electron chi connectivity index (χ0n) is 12.1. The Bertz CT molecular complexity index is 446. The van der Waals surface area contributed by atoms with Crippen molar-refractivity contribution in [1.29, 1.82) is 0 Å². The summed E-state index contributed by atoms with van der Waals surface area (Å²) in [6.45, 7) is 2.66. The maximum atomic E-state index is 5.43. The van der Waals surface area contributed by atoms with Crippen LogP contribution in [-0.4, -0.2) is 30.4 Å². The summed E-state index contributed by atoms with van der Waals surface area (Å²) in [6.07, 6.45) is 4.90. The zero-order valence-corrected chi connectivity index (χ0v) is 12.9. The highest BCUT2D eigenvalue weighted by Crippen LogP contribution is 2.32. The Morgan fingerprint density at radius 3 is 2.90 bits per heavy atom. The minimum absolute atomic E-state index is 0.358. The second-order valence-corrected chi connectivity index (χ2v) is 6.91. The molecule has 1 saturated heterocycles. The number of hydrogen-bond donors (Lipinski definition) is 1. The number of nitrogens with one attached hydrogen (secondary N) is 1. The SMILES string of the molecule is CC(CCc1ccc2c(c1)OCO2)NC1CCSCC1. The summed E-state index contributed by atoms with van der Waals surface area (Å²) in [6, 6.07) is 7.59. The molecule has 1 atom stereocenters. The third-order valence-electron chi connectivity index (χ3n) is 4.04. The fraction of sp³-hybridized carbons (Fsp3) is 0.625. The second kappa shape index (κ2) is 6.72. The highest BCUT2D eigenvalue weighted by Gasteiger charge is 2.16. The van der Waals surface area contributed by atoms with Crippen molar-refractivity contribution in [2.75, 3.05) is 18.3 Å². The predicted octanol–water partition coefficient (Wildman–Crippen LogP) is 3.22. The molecule has 0 aliphatic carbocycles. The van der Waals surface area contributed by atoms with Crippen LogP contribution >= 0.6 is 11.8 Å². The van der Waals surface area contributed by atoms with Gasteiger partial charge in [-0.3, -0.25) is 0 Å². The molecular weight excluding hydrogens is 270 g/mol. The summed E-state index contributed by atoms with van der Waals surface area (Å²) in [5, 5.41) is 3.77. The van der Waals surface area contributed by atoms with Gasteiger partial charge < -0.3 is 14.8 Å². The van der Waals surface area contributed by atoms with E-state index in [-0.39, 0.29) is 0 Å². The largest absolute Gasteiger partial charge is 0.454 e. The number of fused-ring (bicyclic) bond motifs is 1. The van der Waals surface area contributed by atoms with E-state index in [0.29, 0.717) is 12.8 Å². The third-order valence-corrected chi connectivity index (χ3v) is 5.09. The first-order chi connectivity index (χ1) is 9.81. The van der Waals surface area contributed by atoms with Crippen molar-refractivity contribution in [3.05, 3.63) is 23.8 Å². The molecule has 0 bridgehead atoms. The van der Waals surface area contributed by atoms with E-state index < -0.39 is 0 Å². The fourth-order valence-corrected chi connectivity index (χ4v) is 3.94. The van der Waals surface area contributed by atoms with Crippen molar-refractivity contribution in [3.8, 4) is 11.5 Å². The Labute approximate surface area is 125 Å². The first-order valence-electron chi connectivity index (χ1n) is 7.53. The standard InChI is InChI=1S/C16H23NO2S/c1-12(17-14-6-8-20-9-7-14)2-3-13-4-5-15-16(10-13)19-11-18-15/h4-5,10,12,14,17H,2-3,6-9,11H2,1H3. The number of thioether (sulfide) groups is 1. The first kappa shape index (κ1) is 14.1. The summed E-state index contributed by atoms with van der Waals surface area (Å²) in [5.41, 5.74) is 1.34. The average Bonchev–Trinajstić information content (AvgIpc) is 2.93. The highest BCUT2D eigenvalue weighted by molar-refractivity contribution is 7.99. The monoisotopic (exact) mass is 293 g/mol. The van der Waals surface area contributed by atoms with Crippen molar-refractivity contribution in [1.82, 2.24) is 5.32 Å². The Kier molecular flexibility index (Phi) is 4.73. The van der Waals surface area contributed by atoms with Crippen LogP contribution < -0.4 is 14.8 Å². The van der Waals surface area contributed by atoms with E-state index >= 15 is 0 Å². The molecule has 2 aliphatic rings. The van der Waals surface area contributed by atoms with Crippen LogP contribution in [0.3, 0.4) is 0 Å². The van der Waals surface area contributed by atoms with Gasteiger partial charge in [-0.25, -0.2) is 0 Å². The Morgan fingerprint density at radius 1 is 1.25 bits per heavy atom. The van der Waals surface area contributed by atoms with Gasteiger partial charge in [0.25, 0.3) is 0 Å². The molecule has 0 aromatic heterocycles. The molecule has 1 N–H and O–H groups in total. The Balaban J connectivity index is 1.46.